The number of hydrogen-bond donors (Lipinski definition) is 0. The van der Waals surface area contributed by atoms with Crippen LogP contribution in [0.1, 0.15) is 12.5 Å². The smallest absolute Gasteiger partial charge is 0.214 e. The van der Waals surface area contributed by atoms with E-state index in [1.54, 1.807) is 0 Å². The van der Waals surface area contributed by atoms with Crippen LogP contribution in [-0.2, 0) is 19.8 Å². The molecule has 0 amide bonds. The van der Waals surface area contributed by atoms with Crippen LogP contribution in [0.2, 0.25) is 0 Å². The van der Waals surface area contributed by atoms with Gasteiger partial charge in [-0.2, -0.15) is 36.4 Å². The molecule has 0 aliphatic heterocycles. The molecular weight excluding hydrogens is 346 g/mol. The van der Waals surface area contributed by atoms with Crippen LogP contribution in [0, 0.1) is 0 Å². The summed E-state index contributed by atoms with van der Waals surface area (Å²) < 4.78 is 0. The molecule has 2 rings (SSSR count). The van der Waals surface area contributed by atoms with Gasteiger partial charge in [-0.3, -0.25) is 0 Å². The summed E-state index contributed by atoms with van der Waals surface area (Å²) in [7, 11) is 0. The summed E-state index contributed by atoms with van der Waals surface area (Å²) in [5, 5.41) is 0. The van der Waals surface area contributed by atoms with E-state index in [9.17, 15) is 0 Å². The summed E-state index contributed by atoms with van der Waals surface area (Å²) in [6, 6.07) is 18.2. The fourth-order valence-corrected chi connectivity index (χ4v) is 1.01. The average molecular weight is 360 g/mol. The van der Waals surface area contributed by atoms with Crippen LogP contribution in [0.3, 0.4) is 0 Å². The second-order valence-corrected chi connectivity index (χ2v) is 2.68. The Balaban J connectivity index is 0.000000246. The topological polar surface area (TPSA) is 0 Å². The van der Waals surface area contributed by atoms with E-state index in [1.165, 1.54) is 5.56 Å². The summed E-state index contributed by atoms with van der Waals surface area (Å²) in [6.07, 6.45) is 4.12. The van der Waals surface area contributed by atoms with Crippen molar-refractivity contribution in [3.63, 3.8) is 0 Å². The van der Waals surface area contributed by atoms with Crippen LogP contribution < -0.4 is 0 Å². The van der Waals surface area contributed by atoms with Crippen molar-refractivity contribution in [2.24, 2.45) is 0 Å². The first-order chi connectivity index (χ1) is 6.43. The Morgan fingerprint density at radius 1 is 1.00 bits per heavy atom. The zero-order chi connectivity index (χ0) is 9.36. The molecule has 0 saturated carbocycles. The van der Waals surface area contributed by atoms with Gasteiger partial charge in [-0.15, -0.1) is 23.8 Å². The third-order valence-corrected chi connectivity index (χ3v) is 1.60. The van der Waals surface area contributed by atoms with E-state index in [-0.39, 0.29) is 19.8 Å². The van der Waals surface area contributed by atoms with Crippen LogP contribution in [0.5, 0.6) is 0 Å². The Kier molecular flexibility index (Phi) is 8.09. The first kappa shape index (κ1) is 13.1. The minimum Gasteiger partial charge on any atom is -0.214 e. The van der Waals surface area contributed by atoms with Gasteiger partial charge in [0.05, 0.1) is 0 Å². The molecular formula is C13H14Os. The normalized spacial score (nSPS) is 8.93. The molecule has 0 aromatic heterocycles. The molecule has 74 valence electrons. The Morgan fingerprint density at radius 2 is 1.57 bits per heavy atom. The predicted octanol–water partition coefficient (Wildman–Crippen LogP) is 3.84. The molecule has 2 aromatic rings. The van der Waals surface area contributed by atoms with Crippen molar-refractivity contribution in [3.05, 3.63) is 66.2 Å². The number of rotatable bonds is 1. The molecule has 0 unspecified atom stereocenters. The summed E-state index contributed by atoms with van der Waals surface area (Å²) >= 11 is 0. The largest absolute Gasteiger partial charge is 2.00 e. The molecule has 0 aliphatic carbocycles. The van der Waals surface area contributed by atoms with E-state index in [4.69, 9.17) is 0 Å². The Hall–Kier alpha value is -0.924. The SMILES string of the molecule is CC=C[c-]1cccc1.[Os+2].c1cc[cH-]c1. The Morgan fingerprint density at radius 3 is 1.93 bits per heavy atom. The molecule has 0 fully saturated rings. The third kappa shape index (κ3) is 5.68. The van der Waals surface area contributed by atoms with Gasteiger partial charge in [-0.1, -0.05) is 6.92 Å². The van der Waals surface area contributed by atoms with Crippen molar-refractivity contribution in [2.75, 3.05) is 0 Å². The zero-order valence-corrected chi connectivity index (χ0v) is 10.7. The molecule has 0 nitrogen and oxygen atoms in total. The van der Waals surface area contributed by atoms with Crippen molar-refractivity contribution in [1.82, 2.24) is 0 Å². The molecule has 2 aromatic carbocycles. The van der Waals surface area contributed by atoms with E-state index in [0.29, 0.717) is 0 Å². The molecule has 0 heterocycles. The summed E-state index contributed by atoms with van der Waals surface area (Å²) in [6.45, 7) is 2.02. The van der Waals surface area contributed by atoms with Crippen LogP contribution in [0.15, 0.2) is 60.7 Å². The van der Waals surface area contributed by atoms with Gasteiger partial charge in [-0.25, -0.2) is 12.1 Å². The maximum absolute atomic E-state index is 2.08. The monoisotopic (exact) mass is 362 g/mol. The summed E-state index contributed by atoms with van der Waals surface area (Å²) in [5.74, 6) is 0. The third-order valence-electron chi connectivity index (χ3n) is 1.60. The average Bonchev–Trinajstić information content (AvgIpc) is 2.79. The molecule has 14 heavy (non-hydrogen) atoms. The minimum atomic E-state index is 0. The van der Waals surface area contributed by atoms with Gasteiger partial charge >= 0.3 is 19.8 Å². The van der Waals surface area contributed by atoms with E-state index >= 15 is 0 Å². The molecule has 1 heteroatoms. The number of hydrogen-bond acceptors (Lipinski definition) is 0. The van der Waals surface area contributed by atoms with Gasteiger partial charge in [0.2, 0.25) is 0 Å². The van der Waals surface area contributed by atoms with Crippen molar-refractivity contribution in [3.8, 4) is 0 Å². The van der Waals surface area contributed by atoms with Crippen molar-refractivity contribution in [1.29, 1.82) is 0 Å². The predicted molar refractivity (Wildman–Crippen MR) is 58.8 cm³/mol. The van der Waals surface area contributed by atoms with Crippen molar-refractivity contribution < 1.29 is 19.8 Å². The van der Waals surface area contributed by atoms with Gasteiger partial charge in [0, 0.05) is 0 Å². The molecule has 0 spiro atoms. The van der Waals surface area contributed by atoms with Crippen LogP contribution >= 0.6 is 0 Å². The maximum Gasteiger partial charge on any atom is 2.00 e. The zero-order valence-electron chi connectivity index (χ0n) is 8.20. The van der Waals surface area contributed by atoms with E-state index in [0.717, 1.165) is 0 Å². The van der Waals surface area contributed by atoms with Gasteiger partial charge in [0.15, 0.2) is 0 Å². The molecule has 0 atom stereocenters. The first-order valence-corrected chi connectivity index (χ1v) is 4.44. The van der Waals surface area contributed by atoms with Gasteiger partial charge in [-0.05, 0) is 0 Å². The number of allylic oxidation sites excluding steroid dienone is 1. The standard InChI is InChI=1S/C8H9.C5H5.Os/c1-2-5-8-6-3-4-7-8;1-2-4-5-3-1;/h2-7H,1H3;1-5H;/q2*-1;+2. The molecule has 0 bridgehead atoms. The fraction of sp³-hybridized carbons (Fsp3) is 0.0769. The van der Waals surface area contributed by atoms with Gasteiger partial charge in [0.25, 0.3) is 0 Å². The van der Waals surface area contributed by atoms with E-state index < -0.39 is 0 Å². The van der Waals surface area contributed by atoms with Gasteiger partial charge < -0.3 is 0 Å². The van der Waals surface area contributed by atoms with E-state index in [1.807, 2.05) is 55.5 Å². The quantitative estimate of drug-likeness (QED) is 0.678. The molecule has 0 aliphatic rings. The molecule has 0 N–H and O–H groups in total. The summed E-state index contributed by atoms with van der Waals surface area (Å²) in [4.78, 5) is 0. The molecule has 0 radical (unpaired) electrons. The van der Waals surface area contributed by atoms with E-state index in [2.05, 4.69) is 18.2 Å². The van der Waals surface area contributed by atoms with Crippen molar-refractivity contribution >= 4 is 6.08 Å². The van der Waals surface area contributed by atoms with Crippen molar-refractivity contribution in [2.45, 2.75) is 6.92 Å². The maximum atomic E-state index is 2.08. The minimum absolute atomic E-state index is 0. The van der Waals surface area contributed by atoms with Crippen LogP contribution in [0.25, 0.3) is 6.08 Å². The first-order valence-electron chi connectivity index (χ1n) is 4.44. The van der Waals surface area contributed by atoms with Gasteiger partial charge in [0.1, 0.15) is 0 Å². The Bertz CT molecular complexity index is 284. The second kappa shape index (κ2) is 8.66. The van der Waals surface area contributed by atoms with Crippen LogP contribution in [0.4, 0.5) is 0 Å². The van der Waals surface area contributed by atoms with Crippen LogP contribution in [-0.4, -0.2) is 0 Å². The summed E-state index contributed by atoms with van der Waals surface area (Å²) in [5.41, 5.74) is 1.28. The second-order valence-electron chi connectivity index (χ2n) is 2.68. The Labute approximate surface area is 99.1 Å². The fourth-order valence-electron chi connectivity index (χ4n) is 1.01. The molecule has 0 saturated heterocycles.